The van der Waals surface area contributed by atoms with Crippen LogP contribution in [0.2, 0.25) is 0 Å². The molecule has 0 radical (unpaired) electrons. The maximum Gasteiger partial charge on any atom is 0.177 e. The Hall–Kier alpha value is -2.16. The number of aromatic nitrogens is 1. The summed E-state index contributed by atoms with van der Waals surface area (Å²) in [5.74, 6) is 2.54. The number of ketones is 1. The molecule has 1 atom stereocenters. The van der Waals surface area contributed by atoms with E-state index in [9.17, 15) is 15.0 Å². The van der Waals surface area contributed by atoms with Gasteiger partial charge in [0.25, 0.3) is 0 Å². The molecule has 0 aromatic carbocycles. The third-order valence-electron chi connectivity index (χ3n) is 6.30. The first-order chi connectivity index (χ1) is 12.6. The largest absolute Gasteiger partial charge is 0.393 e. The van der Waals surface area contributed by atoms with E-state index in [1.54, 1.807) is 6.07 Å². The number of hydrogen-bond acceptors (Lipinski definition) is 5. The van der Waals surface area contributed by atoms with Gasteiger partial charge in [0.2, 0.25) is 0 Å². The Labute approximate surface area is 153 Å². The van der Waals surface area contributed by atoms with Gasteiger partial charge in [-0.3, -0.25) is 4.79 Å². The second-order valence-corrected chi connectivity index (χ2v) is 7.75. The lowest BCUT2D eigenvalue weighted by molar-refractivity contribution is -0.114. The zero-order chi connectivity index (χ0) is 18.3. The van der Waals surface area contributed by atoms with E-state index in [1.807, 2.05) is 6.07 Å². The number of aliphatic hydroxyl groups excluding tert-OH is 2. The number of nitrogens with zero attached hydrogens (tertiary/aromatic N) is 2. The molecular formula is C21H24N2O3. The van der Waals surface area contributed by atoms with Gasteiger partial charge in [0.1, 0.15) is 6.10 Å². The summed E-state index contributed by atoms with van der Waals surface area (Å²) >= 11 is 0. The van der Waals surface area contributed by atoms with E-state index in [2.05, 4.69) is 15.8 Å². The fraction of sp³-hybridized carbons (Fsp3) is 0.524. The Kier molecular flexibility index (Phi) is 4.34. The molecule has 1 spiro atoms. The molecule has 1 aliphatic heterocycles. The molecule has 2 aliphatic carbocycles. The van der Waals surface area contributed by atoms with Gasteiger partial charge in [-0.25, -0.2) is 4.98 Å². The van der Waals surface area contributed by atoms with E-state index in [4.69, 9.17) is 6.42 Å². The minimum Gasteiger partial charge on any atom is -0.393 e. The van der Waals surface area contributed by atoms with Crippen LogP contribution in [-0.2, 0) is 11.2 Å². The zero-order valence-corrected chi connectivity index (χ0v) is 14.9. The van der Waals surface area contributed by atoms with Crippen molar-refractivity contribution in [3.63, 3.8) is 0 Å². The van der Waals surface area contributed by atoms with Crippen LogP contribution in [-0.4, -0.2) is 45.6 Å². The highest BCUT2D eigenvalue weighted by molar-refractivity contribution is 6.09. The molecule has 26 heavy (non-hydrogen) atoms. The number of carbonyl (C=O) groups is 1. The number of pyridine rings is 1. The number of Topliss-reactive ketones (excluding diaryl/α,β-unsaturated/α-hetero) is 1. The quantitative estimate of drug-likeness (QED) is 0.812. The first-order valence-electron chi connectivity index (χ1n) is 9.35. The van der Waals surface area contributed by atoms with E-state index >= 15 is 0 Å². The number of piperidine rings is 1. The smallest absolute Gasteiger partial charge is 0.177 e. The van der Waals surface area contributed by atoms with Gasteiger partial charge >= 0.3 is 0 Å². The molecule has 1 aromatic rings. The summed E-state index contributed by atoms with van der Waals surface area (Å²) in [6.45, 7) is 1.36. The van der Waals surface area contributed by atoms with Gasteiger partial charge in [-0.1, -0.05) is 18.4 Å². The molecule has 2 fully saturated rings. The standard InChI is InChI=1S/C21H24N2O3/c1-2-15-17(25)12-14-4-5-16(18(26)13-24)22-19(14)20(15)23-10-8-21(9-11-23)6-3-7-21/h1,4-5,18,24,26H,3,6-13H2. The molecule has 2 heterocycles. The predicted octanol–water partition coefficient (Wildman–Crippen LogP) is 1.84. The van der Waals surface area contributed by atoms with E-state index in [1.165, 1.54) is 19.3 Å². The van der Waals surface area contributed by atoms with Crippen LogP contribution >= 0.6 is 0 Å². The predicted molar refractivity (Wildman–Crippen MR) is 97.8 cm³/mol. The Morgan fingerprint density at radius 1 is 1.27 bits per heavy atom. The number of likely N-dealkylation sites (tertiary alicyclic amines) is 1. The molecule has 2 N–H and O–H groups in total. The summed E-state index contributed by atoms with van der Waals surface area (Å²) < 4.78 is 0. The molecule has 0 amide bonds. The van der Waals surface area contributed by atoms with E-state index in [-0.39, 0.29) is 12.2 Å². The average Bonchev–Trinajstić information content (AvgIpc) is 2.64. The van der Waals surface area contributed by atoms with E-state index in [0.29, 0.717) is 22.4 Å². The molecule has 3 aliphatic rings. The second kappa shape index (κ2) is 6.53. The van der Waals surface area contributed by atoms with Crippen LogP contribution in [0.4, 0.5) is 0 Å². The Morgan fingerprint density at radius 2 is 2.00 bits per heavy atom. The van der Waals surface area contributed by atoms with Crippen LogP contribution in [0.1, 0.15) is 55.2 Å². The van der Waals surface area contributed by atoms with Crippen molar-refractivity contribution >= 4 is 11.5 Å². The van der Waals surface area contributed by atoms with E-state index in [0.717, 1.165) is 37.2 Å². The van der Waals surface area contributed by atoms with Crippen LogP contribution in [0.15, 0.2) is 17.7 Å². The zero-order valence-electron chi connectivity index (χ0n) is 14.9. The first-order valence-corrected chi connectivity index (χ1v) is 9.35. The molecule has 5 nitrogen and oxygen atoms in total. The third-order valence-corrected chi connectivity index (χ3v) is 6.30. The second-order valence-electron chi connectivity index (χ2n) is 7.75. The Morgan fingerprint density at radius 3 is 2.58 bits per heavy atom. The molecule has 1 aromatic heterocycles. The molecule has 4 rings (SSSR count). The van der Waals surface area contributed by atoms with Crippen molar-refractivity contribution in [1.29, 1.82) is 0 Å². The number of carbonyl (C=O) groups excluding carboxylic acids is 1. The number of rotatable bonds is 3. The van der Waals surface area contributed by atoms with Crippen molar-refractivity contribution in [2.45, 2.75) is 44.6 Å². The minimum absolute atomic E-state index is 0.0452. The number of allylic oxidation sites excluding steroid dienone is 1. The van der Waals surface area contributed by atoms with Crippen molar-refractivity contribution in [2.24, 2.45) is 5.41 Å². The lowest BCUT2D eigenvalue weighted by Gasteiger charge is -2.49. The van der Waals surface area contributed by atoms with Crippen molar-refractivity contribution in [1.82, 2.24) is 9.88 Å². The van der Waals surface area contributed by atoms with Gasteiger partial charge in [0.15, 0.2) is 5.78 Å². The number of fused-ring (bicyclic) bond motifs is 1. The van der Waals surface area contributed by atoms with Crippen molar-refractivity contribution in [3.8, 4) is 12.3 Å². The van der Waals surface area contributed by atoms with Crippen LogP contribution in [0.3, 0.4) is 0 Å². The van der Waals surface area contributed by atoms with Gasteiger partial charge in [-0.2, -0.15) is 0 Å². The van der Waals surface area contributed by atoms with Crippen LogP contribution in [0.25, 0.3) is 5.70 Å². The van der Waals surface area contributed by atoms with Crippen LogP contribution < -0.4 is 0 Å². The SMILES string of the molecule is C#CC1=C(N2CCC3(CCC3)CC2)c2nc(C(O)CO)ccc2CC1=O. The van der Waals surface area contributed by atoms with Crippen LogP contribution in [0, 0.1) is 17.8 Å². The van der Waals surface area contributed by atoms with Crippen molar-refractivity contribution in [2.75, 3.05) is 19.7 Å². The van der Waals surface area contributed by atoms with Crippen molar-refractivity contribution in [3.05, 3.63) is 34.7 Å². The van der Waals surface area contributed by atoms with Gasteiger partial charge in [0.05, 0.1) is 29.3 Å². The minimum atomic E-state index is -1.03. The molecular weight excluding hydrogens is 328 g/mol. The Bertz CT molecular complexity index is 807. The fourth-order valence-corrected chi connectivity index (χ4v) is 4.48. The van der Waals surface area contributed by atoms with E-state index < -0.39 is 12.7 Å². The highest BCUT2D eigenvalue weighted by Gasteiger charge is 2.41. The lowest BCUT2D eigenvalue weighted by Crippen LogP contribution is -2.43. The highest BCUT2D eigenvalue weighted by Crippen LogP contribution is 2.50. The molecule has 136 valence electrons. The summed E-state index contributed by atoms with van der Waals surface area (Å²) in [5, 5.41) is 19.2. The molecule has 5 heteroatoms. The first kappa shape index (κ1) is 17.3. The van der Waals surface area contributed by atoms with Gasteiger partial charge in [-0.15, -0.1) is 6.42 Å². The molecule has 1 unspecified atom stereocenters. The summed E-state index contributed by atoms with van der Waals surface area (Å²) in [7, 11) is 0. The number of aliphatic hydroxyl groups is 2. The summed E-state index contributed by atoms with van der Waals surface area (Å²) in [6, 6.07) is 3.49. The summed E-state index contributed by atoms with van der Waals surface area (Å²) in [6.07, 6.45) is 11.1. The number of hydrogen-bond donors (Lipinski definition) is 2. The van der Waals surface area contributed by atoms with Crippen molar-refractivity contribution < 1.29 is 15.0 Å². The lowest BCUT2D eigenvalue weighted by atomic mass is 9.63. The Balaban J connectivity index is 1.73. The van der Waals surface area contributed by atoms with Gasteiger partial charge in [0, 0.05) is 19.5 Å². The third kappa shape index (κ3) is 2.74. The summed E-state index contributed by atoms with van der Waals surface area (Å²) in [5.41, 5.74) is 3.55. The normalized spacial score (nSPS) is 22.7. The highest BCUT2D eigenvalue weighted by atomic mass is 16.3. The summed E-state index contributed by atoms with van der Waals surface area (Å²) in [4.78, 5) is 19.4. The maximum absolute atomic E-state index is 12.6. The van der Waals surface area contributed by atoms with Gasteiger partial charge < -0.3 is 15.1 Å². The topological polar surface area (TPSA) is 73.7 Å². The molecule has 0 bridgehead atoms. The number of terminal acetylenes is 1. The molecule has 1 saturated carbocycles. The maximum atomic E-state index is 12.6. The van der Waals surface area contributed by atoms with Gasteiger partial charge in [-0.05, 0) is 42.7 Å². The van der Waals surface area contributed by atoms with Crippen LogP contribution in [0.5, 0.6) is 0 Å². The average molecular weight is 352 g/mol. The molecule has 1 saturated heterocycles. The monoisotopic (exact) mass is 352 g/mol. The fourth-order valence-electron chi connectivity index (χ4n) is 4.48.